The lowest BCUT2D eigenvalue weighted by molar-refractivity contribution is 0.246. The number of rotatable bonds is 7. The lowest BCUT2D eigenvalue weighted by Gasteiger charge is -2.16. The second kappa shape index (κ2) is 7.01. The van der Waals surface area contributed by atoms with Gasteiger partial charge in [-0.1, -0.05) is 13.0 Å². The van der Waals surface area contributed by atoms with Crippen molar-refractivity contribution in [3.63, 3.8) is 0 Å². The molecule has 6 heteroatoms. The maximum Gasteiger partial charge on any atom is 0.232 e. The highest BCUT2D eigenvalue weighted by atomic mass is 35.7. The van der Waals surface area contributed by atoms with Crippen molar-refractivity contribution in [3.05, 3.63) is 23.8 Å². The molecule has 0 heterocycles. The molecule has 0 radical (unpaired) electrons. The quantitative estimate of drug-likeness (QED) is 0.727. The molecule has 0 bridgehead atoms. The summed E-state index contributed by atoms with van der Waals surface area (Å²) in [6.45, 7) is 4.16. The summed E-state index contributed by atoms with van der Waals surface area (Å²) >= 11 is 0. The molecule has 0 aromatic heterocycles. The summed E-state index contributed by atoms with van der Waals surface area (Å²) in [6, 6.07) is 5.60. The van der Waals surface area contributed by atoms with E-state index < -0.39 is 9.05 Å². The monoisotopic (exact) mass is 306 g/mol. The minimum atomic E-state index is -3.50. The molecule has 0 amide bonds. The molecule has 0 N–H and O–H groups in total. The maximum absolute atomic E-state index is 11.1. The van der Waals surface area contributed by atoms with Crippen molar-refractivity contribution in [1.82, 2.24) is 0 Å². The SMILES string of the molecule is CCC(COc1ccc(C)cc1OC)CS(=O)(=O)Cl. The Hall–Kier alpha value is -0.940. The average Bonchev–Trinajstić information content (AvgIpc) is 2.34. The van der Waals surface area contributed by atoms with Crippen LogP contribution in [0, 0.1) is 12.8 Å². The molecule has 0 saturated heterocycles. The minimum absolute atomic E-state index is 0.0841. The fraction of sp³-hybridized carbons (Fsp3) is 0.538. The van der Waals surface area contributed by atoms with E-state index in [2.05, 4.69) is 0 Å². The summed E-state index contributed by atoms with van der Waals surface area (Å²) in [4.78, 5) is 0. The van der Waals surface area contributed by atoms with Crippen LogP contribution in [-0.2, 0) is 9.05 Å². The van der Waals surface area contributed by atoms with E-state index in [9.17, 15) is 8.42 Å². The summed E-state index contributed by atoms with van der Waals surface area (Å²) in [5.74, 6) is 1.04. The molecule has 1 atom stereocenters. The first kappa shape index (κ1) is 16.1. The lowest BCUT2D eigenvalue weighted by Crippen LogP contribution is -2.19. The molecule has 108 valence electrons. The second-order valence-corrected chi connectivity index (χ2v) is 7.27. The Labute approximate surface area is 119 Å². The Bertz CT molecular complexity index is 513. The van der Waals surface area contributed by atoms with Gasteiger partial charge in [0, 0.05) is 16.6 Å². The van der Waals surface area contributed by atoms with Crippen LogP contribution < -0.4 is 9.47 Å². The first-order chi connectivity index (χ1) is 8.85. The molecular formula is C13H19ClO4S. The minimum Gasteiger partial charge on any atom is -0.493 e. The van der Waals surface area contributed by atoms with Gasteiger partial charge in [0.05, 0.1) is 19.5 Å². The van der Waals surface area contributed by atoms with Crippen LogP contribution in [0.4, 0.5) is 0 Å². The molecule has 0 aliphatic carbocycles. The number of halogens is 1. The van der Waals surface area contributed by atoms with Crippen LogP contribution in [0.2, 0.25) is 0 Å². The largest absolute Gasteiger partial charge is 0.493 e. The summed E-state index contributed by atoms with van der Waals surface area (Å²) in [5, 5.41) is 0. The van der Waals surface area contributed by atoms with Gasteiger partial charge in [-0.2, -0.15) is 0 Å². The van der Waals surface area contributed by atoms with E-state index in [1.807, 2.05) is 32.0 Å². The highest BCUT2D eigenvalue weighted by Gasteiger charge is 2.17. The Kier molecular flexibility index (Phi) is 5.94. The maximum atomic E-state index is 11.1. The summed E-state index contributed by atoms with van der Waals surface area (Å²) in [5.41, 5.74) is 1.07. The molecule has 19 heavy (non-hydrogen) atoms. The molecule has 0 saturated carbocycles. The molecule has 4 nitrogen and oxygen atoms in total. The van der Waals surface area contributed by atoms with Crippen LogP contribution in [0.3, 0.4) is 0 Å². The van der Waals surface area contributed by atoms with Crippen molar-refractivity contribution in [3.8, 4) is 11.5 Å². The predicted octanol–water partition coefficient (Wildman–Crippen LogP) is 2.98. The van der Waals surface area contributed by atoms with E-state index in [1.165, 1.54) is 0 Å². The molecular weight excluding hydrogens is 288 g/mol. The normalized spacial score (nSPS) is 13.1. The van der Waals surface area contributed by atoms with Gasteiger partial charge < -0.3 is 9.47 Å². The summed E-state index contributed by atoms with van der Waals surface area (Å²) in [6.07, 6.45) is 0.681. The van der Waals surface area contributed by atoms with Crippen LogP contribution in [0.1, 0.15) is 18.9 Å². The Balaban J connectivity index is 2.69. The first-order valence-corrected chi connectivity index (χ1v) is 8.53. The fourth-order valence-electron chi connectivity index (χ4n) is 1.67. The number of ether oxygens (including phenoxy) is 2. The molecule has 0 fully saturated rings. The number of benzene rings is 1. The van der Waals surface area contributed by atoms with Gasteiger partial charge in [0.15, 0.2) is 11.5 Å². The van der Waals surface area contributed by atoms with Gasteiger partial charge >= 0.3 is 0 Å². The number of hydrogen-bond donors (Lipinski definition) is 0. The molecule has 1 unspecified atom stereocenters. The van der Waals surface area contributed by atoms with Crippen LogP contribution >= 0.6 is 10.7 Å². The third-order valence-electron chi connectivity index (χ3n) is 2.81. The Morgan fingerprint density at radius 1 is 1.32 bits per heavy atom. The second-order valence-electron chi connectivity index (χ2n) is 4.45. The zero-order valence-electron chi connectivity index (χ0n) is 11.3. The standard InChI is InChI=1S/C13H19ClO4S/c1-4-11(9-19(14,15)16)8-18-12-6-5-10(2)7-13(12)17-3/h5-7,11H,4,8-9H2,1-3H3. The Morgan fingerprint density at radius 2 is 2.00 bits per heavy atom. The van der Waals surface area contributed by atoms with E-state index >= 15 is 0 Å². The van der Waals surface area contributed by atoms with E-state index in [0.717, 1.165) is 5.56 Å². The average molecular weight is 307 g/mol. The molecule has 0 aliphatic heterocycles. The van der Waals surface area contributed by atoms with Crippen molar-refractivity contribution >= 4 is 19.7 Å². The fourth-order valence-corrected chi connectivity index (χ4v) is 3.10. The number of methoxy groups -OCH3 is 1. The van der Waals surface area contributed by atoms with Crippen LogP contribution in [0.5, 0.6) is 11.5 Å². The zero-order valence-corrected chi connectivity index (χ0v) is 12.9. The Morgan fingerprint density at radius 3 is 2.53 bits per heavy atom. The van der Waals surface area contributed by atoms with Gasteiger partial charge in [-0.3, -0.25) is 0 Å². The molecule has 0 spiro atoms. The van der Waals surface area contributed by atoms with Crippen molar-refractivity contribution in [2.24, 2.45) is 5.92 Å². The van der Waals surface area contributed by atoms with E-state index in [1.54, 1.807) is 7.11 Å². The lowest BCUT2D eigenvalue weighted by atomic mass is 10.1. The van der Waals surface area contributed by atoms with Gasteiger partial charge in [0.1, 0.15) is 0 Å². The predicted molar refractivity (Wildman–Crippen MR) is 76.6 cm³/mol. The van der Waals surface area contributed by atoms with Crippen molar-refractivity contribution in [1.29, 1.82) is 0 Å². The van der Waals surface area contributed by atoms with Crippen LogP contribution in [0.25, 0.3) is 0 Å². The van der Waals surface area contributed by atoms with Crippen molar-refractivity contribution in [2.45, 2.75) is 20.3 Å². The summed E-state index contributed by atoms with van der Waals surface area (Å²) in [7, 11) is 3.33. The molecule has 0 aliphatic rings. The van der Waals surface area contributed by atoms with Crippen molar-refractivity contribution < 1.29 is 17.9 Å². The van der Waals surface area contributed by atoms with E-state index in [0.29, 0.717) is 24.5 Å². The third kappa shape index (κ3) is 5.70. The van der Waals surface area contributed by atoms with E-state index in [-0.39, 0.29) is 11.7 Å². The van der Waals surface area contributed by atoms with Gasteiger partial charge in [-0.05, 0) is 31.0 Å². The number of hydrogen-bond acceptors (Lipinski definition) is 4. The highest BCUT2D eigenvalue weighted by Crippen LogP contribution is 2.28. The third-order valence-corrected chi connectivity index (χ3v) is 4.05. The van der Waals surface area contributed by atoms with Gasteiger partial charge in [-0.25, -0.2) is 8.42 Å². The van der Waals surface area contributed by atoms with Gasteiger partial charge in [0.2, 0.25) is 9.05 Å². The van der Waals surface area contributed by atoms with Crippen molar-refractivity contribution in [2.75, 3.05) is 19.5 Å². The summed E-state index contributed by atoms with van der Waals surface area (Å²) < 4.78 is 33.0. The smallest absolute Gasteiger partial charge is 0.232 e. The highest BCUT2D eigenvalue weighted by molar-refractivity contribution is 8.13. The number of aryl methyl sites for hydroxylation is 1. The topological polar surface area (TPSA) is 52.6 Å². The molecule has 1 aromatic rings. The molecule has 1 aromatic carbocycles. The first-order valence-electron chi connectivity index (χ1n) is 6.05. The van der Waals surface area contributed by atoms with Gasteiger partial charge in [-0.15, -0.1) is 0 Å². The van der Waals surface area contributed by atoms with Crippen LogP contribution in [0.15, 0.2) is 18.2 Å². The zero-order chi connectivity index (χ0) is 14.5. The van der Waals surface area contributed by atoms with Crippen LogP contribution in [-0.4, -0.2) is 27.9 Å². The van der Waals surface area contributed by atoms with Gasteiger partial charge in [0.25, 0.3) is 0 Å². The van der Waals surface area contributed by atoms with E-state index in [4.69, 9.17) is 20.2 Å². The molecule has 1 rings (SSSR count).